The average molecular weight is 362 g/mol. The molecule has 0 spiro atoms. The van der Waals surface area contributed by atoms with Crippen molar-refractivity contribution in [2.75, 3.05) is 0 Å². The molecule has 2 rings (SSSR count). The lowest BCUT2D eigenvalue weighted by Crippen LogP contribution is -2.31. The normalized spacial score (nSPS) is 12.7. The molecule has 20 heavy (non-hydrogen) atoms. The summed E-state index contributed by atoms with van der Waals surface area (Å²) in [6.45, 7) is 2.76. The number of hydrogen-bond acceptors (Lipinski definition) is 3. The van der Waals surface area contributed by atoms with Crippen LogP contribution in [0.3, 0.4) is 0 Å². The maximum atomic E-state index is 13.5. The number of hydrogen-bond donors (Lipinski definition) is 2. The number of hydrazine groups is 1. The molecule has 1 unspecified atom stereocenters. The molecule has 1 heterocycles. The Hall–Kier alpha value is -0.950. The van der Waals surface area contributed by atoms with E-state index >= 15 is 0 Å². The van der Waals surface area contributed by atoms with Gasteiger partial charge in [-0.05, 0) is 30.2 Å². The molecule has 0 saturated heterocycles. The zero-order valence-electron chi connectivity index (χ0n) is 10.9. The van der Waals surface area contributed by atoms with Gasteiger partial charge in [-0.25, -0.2) is 9.82 Å². The molecule has 0 aliphatic carbocycles. The van der Waals surface area contributed by atoms with Gasteiger partial charge >= 0.3 is 0 Å². The SMILES string of the molecule is CCCn1ncc(Cl)c1C(NN)c1cc(F)ccc1Br. The molecule has 0 saturated carbocycles. The molecule has 0 radical (unpaired) electrons. The first-order valence-electron chi connectivity index (χ1n) is 6.20. The second kappa shape index (κ2) is 6.67. The number of nitrogens with one attached hydrogen (secondary N) is 1. The highest BCUT2D eigenvalue weighted by Gasteiger charge is 2.23. The van der Waals surface area contributed by atoms with Crippen LogP contribution in [0.25, 0.3) is 0 Å². The van der Waals surface area contributed by atoms with Crippen molar-refractivity contribution in [2.24, 2.45) is 5.84 Å². The van der Waals surface area contributed by atoms with Gasteiger partial charge in [-0.15, -0.1) is 0 Å². The van der Waals surface area contributed by atoms with Crippen LogP contribution in [0.4, 0.5) is 4.39 Å². The standard InChI is InChI=1S/C13H15BrClFN4/c1-2-5-20-13(11(15)7-18-20)12(19-17)9-6-8(16)3-4-10(9)14/h3-4,6-7,12,19H,2,5,17H2,1H3. The molecule has 108 valence electrons. The fourth-order valence-corrected chi connectivity index (χ4v) is 2.83. The van der Waals surface area contributed by atoms with E-state index in [9.17, 15) is 4.39 Å². The second-order valence-corrected chi connectivity index (χ2v) is 5.63. The lowest BCUT2D eigenvalue weighted by atomic mass is 10.0. The van der Waals surface area contributed by atoms with Gasteiger partial charge in [-0.1, -0.05) is 34.5 Å². The maximum Gasteiger partial charge on any atom is 0.123 e. The van der Waals surface area contributed by atoms with Gasteiger partial charge in [0.1, 0.15) is 5.82 Å². The van der Waals surface area contributed by atoms with Crippen molar-refractivity contribution in [3.05, 3.63) is 51.0 Å². The van der Waals surface area contributed by atoms with E-state index in [2.05, 4.69) is 26.5 Å². The van der Waals surface area contributed by atoms with E-state index in [-0.39, 0.29) is 5.82 Å². The largest absolute Gasteiger partial charge is 0.271 e. The zero-order valence-corrected chi connectivity index (χ0v) is 13.2. The lowest BCUT2D eigenvalue weighted by Gasteiger charge is -2.20. The number of benzene rings is 1. The van der Waals surface area contributed by atoms with Crippen molar-refractivity contribution in [3.8, 4) is 0 Å². The Kier molecular flexibility index (Phi) is 5.15. The van der Waals surface area contributed by atoms with Crippen LogP contribution in [-0.2, 0) is 6.54 Å². The van der Waals surface area contributed by atoms with E-state index < -0.39 is 6.04 Å². The summed E-state index contributed by atoms with van der Waals surface area (Å²) in [5, 5.41) is 4.73. The second-order valence-electron chi connectivity index (χ2n) is 4.37. The van der Waals surface area contributed by atoms with Crippen molar-refractivity contribution in [2.45, 2.75) is 25.9 Å². The van der Waals surface area contributed by atoms with Gasteiger partial charge in [0, 0.05) is 11.0 Å². The molecular formula is C13H15BrClFN4. The van der Waals surface area contributed by atoms with Gasteiger partial charge in [-0.2, -0.15) is 5.10 Å². The highest BCUT2D eigenvalue weighted by atomic mass is 79.9. The van der Waals surface area contributed by atoms with Gasteiger partial charge in [0.15, 0.2) is 0 Å². The summed E-state index contributed by atoms with van der Waals surface area (Å²) in [6.07, 6.45) is 2.48. The van der Waals surface area contributed by atoms with E-state index in [0.717, 1.165) is 16.6 Å². The number of rotatable bonds is 5. The summed E-state index contributed by atoms with van der Waals surface area (Å²) in [5.41, 5.74) is 4.08. The summed E-state index contributed by atoms with van der Waals surface area (Å²) in [4.78, 5) is 0. The number of nitrogens with zero attached hydrogens (tertiary/aromatic N) is 2. The Morgan fingerprint density at radius 3 is 2.95 bits per heavy atom. The average Bonchev–Trinajstić information content (AvgIpc) is 2.77. The third-order valence-electron chi connectivity index (χ3n) is 2.98. The lowest BCUT2D eigenvalue weighted by molar-refractivity contribution is 0.517. The molecule has 0 aliphatic rings. The van der Waals surface area contributed by atoms with Crippen LogP contribution < -0.4 is 11.3 Å². The molecule has 3 N–H and O–H groups in total. The van der Waals surface area contributed by atoms with Gasteiger partial charge in [-0.3, -0.25) is 10.5 Å². The number of halogens is 3. The predicted molar refractivity (Wildman–Crippen MR) is 80.8 cm³/mol. The van der Waals surface area contributed by atoms with Crippen molar-refractivity contribution in [3.63, 3.8) is 0 Å². The summed E-state index contributed by atoms with van der Waals surface area (Å²) in [5.74, 6) is 5.32. The third kappa shape index (κ3) is 3.03. The van der Waals surface area contributed by atoms with Crippen LogP contribution >= 0.6 is 27.5 Å². The van der Waals surface area contributed by atoms with Gasteiger partial charge in [0.2, 0.25) is 0 Å². The highest BCUT2D eigenvalue weighted by Crippen LogP contribution is 2.32. The zero-order chi connectivity index (χ0) is 14.7. The van der Waals surface area contributed by atoms with Crippen molar-refractivity contribution in [1.29, 1.82) is 0 Å². The molecule has 1 aromatic heterocycles. The molecule has 0 aliphatic heterocycles. The molecular weight excluding hydrogens is 347 g/mol. The topological polar surface area (TPSA) is 55.9 Å². The van der Waals surface area contributed by atoms with Gasteiger partial charge in [0.25, 0.3) is 0 Å². The van der Waals surface area contributed by atoms with E-state index in [1.807, 2.05) is 6.92 Å². The molecule has 1 aromatic carbocycles. The monoisotopic (exact) mass is 360 g/mol. The Bertz CT molecular complexity index is 602. The summed E-state index contributed by atoms with van der Waals surface area (Å²) in [7, 11) is 0. The maximum absolute atomic E-state index is 13.5. The summed E-state index contributed by atoms with van der Waals surface area (Å²) >= 11 is 9.62. The Labute approximate surface area is 130 Å². The smallest absolute Gasteiger partial charge is 0.123 e. The van der Waals surface area contributed by atoms with Crippen LogP contribution in [0.2, 0.25) is 5.02 Å². The first-order chi connectivity index (χ1) is 9.58. The first-order valence-corrected chi connectivity index (χ1v) is 7.37. The Morgan fingerprint density at radius 2 is 2.30 bits per heavy atom. The molecule has 2 aromatic rings. The van der Waals surface area contributed by atoms with Gasteiger partial charge < -0.3 is 0 Å². The highest BCUT2D eigenvalue weighted by molar-refractivity contribution is 9.10. The third-order valence-corrected chi connectivity index (χ3v) is 3.99. The predicted octanol–water partition coefficient (Wildman–Crippen LogP) is 3.40. The van der Waals surface area contributed by atoms with Crippen molar-refractivity contribution < 1.29 is 4.39 Å². The van der Waals surface area contributed by atoms with Crippen LogP contribution in [0.15, 0.2) is 28.9 Å². The molecule has 4 nitrogen and oxygen atoms in total. The van der Waals surface area contributed by atoms with Gasteiger partial charge in [0.05, 0.1) is 23.0 Å². The van der Waals surface area contributed by atoms with Crippen LogP contribution in [0.1, 0.15) is 30.6 Å². The Balaban J connectivity index is 2.52. The quantitative estimate of drug-likeness (QED) is 0.634. The molecule has 7 heteroatoms. The molecule has 0 bridgehead atoms. The van der Waals surface area contributed by atoms with E-state index in [0.29, 0.717) is 17.1 Å². The minimum atomic E-state index is -0.443. The fourth-order valence-electron chi connectivity index (χ4n) is 2.10. The first kappa shape index (κ1) is 15.4. The number of aryl methyl sites for hydroxylation is 1. The molecule has 1 atom stereocenters. The molecule has 0 amide bonds. The minimum Gasteiger partial charge on any atom is -0.271 e. The van der Waals surface area contributed by atoms with Crippen LogP contribution in [-0.4, -0.2) is 9.78 Å². The van der Waals surface area contributed by atoms with Crippen LogP contribution in [0.5, 0.6) is 0 Å². The minimum absolute atomic E-state index is 0.332. The van der Waals surface area contributed by atoms with E-state index in [4.69, 9.17) is 17.4 Å². The Morgan fingerprint density at radius 1 is 1.55 bits per heavy atom. The fraction of sp³-hybridized carbons (Fsp3) is 0.308. The molecule has 0 fully saturated rings. The van der Waals surface area contributed by atoms with Crippen molar-refractivity contribution >= 4 is 27.5 Å². The summed E-state index contributed by atoms with van der Waals surface area (Å²) < 4.78 is 16.0. The van der Waals surface area contributed by atoms with E-state index in [1.54, 1.807) is 16.9 Å². The number of aromatic nitrogens is 2. The van der Waals surface area contributed by atoms with Crippen LogP contribution in [0, 0.1) is 5.82 Å². The summed E-state index contributed by atoms with van der Waals surface area (Å²) in [6, 6.07) is 4.01. The number of nitrogens with two attached hydrogens (primary N) is 1. The van der Waals surface area contributed by atoms with E-state index in [1.165, 1.54) is 12.1 Å². The van der Waals surface area contributed by atoms with Crippen molar-refractivity contribution in [1.82, 2.24) is 15.2 Å².